The monoisotopic (exact) mass is 407 g/mol. The van der Waals surface area contributed by atoms with Crippen molar-refractivity contribution in [3.63, 3.8) is 0 Å². The third-order valence-electron chi connectivity index (χ3n) is 6.15. The normalized spacial score (nSPS) is 26.9. The van der Waals surface area contributed by atoms with Gasteiger partial charge in [-0.2, -0.15) is 0 Å². The second-order valence-electron chi connectivity index (χ2n) is 7.73. The van der Waals surface area contributed by atoms with Gasteiger partial charge in [-0.05, 0) is 48.6 Å². The van der Waals surface area contributed by atoms with E-state index in [-0.39, 0.29) is 42.1 Å². The molecule has 4 atom stereocenters. The zero-order valence-electron chi connectivity index (χ0n) is 15.5. The Hall–Kier alpha value is -2.92. The van der Waals surface area contributed by atoms with Gasteiger partial charge in [0.1, 0.15) is 6.61 Å². The van der Waals surface area contributed by atoms with Crippen LogP contribution in [0.5, 0.6) is 0 Å². The highest BCUT2D eigenvalue weighted by Crippen LogP contribution is 2.53. The van der Waals surface area contributed by atoms with Crippen LogP contribution >= 0.6 is 11.6 Å². The molecule has 2 amide bonds. The van der Waals surface area contributed by atoms with Gasteiger partial charge in [0, 0.05) is 10.6 Å². The minimum absolute atomic E-state index is 0.0719. The number of esters is 1. The van der Waals surface area contributed by atoms with Crippen LogP contribution in [0, 0.1) is 23.7 Å². The van der Waals surface area contributed by atoms with E-state index in [9.17, 15) is 14.4 Å². The molecule has 2 aromatic carbocycles. The fraction of sp³-hybridized carbons (Fsp3) is 0.261. The van der Waals surface area contributed by atoms with Gasteiger partial charge in [0.25, 0.3) is 0 Å². The number of rotatable bonds is 4. The number of ether oxygens (including phenoxy) is 1. The second kappa shape index (κ2) is 6.85. The summed E-state index contributed by atoms with van der Waals surface area (Å²) < 4.78 is 5.32. The van der Waals surface area contributed by atoms with E-state index in [1.807, 2.05) is 12.1 Å². The molecule has 5 rings (SSSR count). The predicted octanol–water partition coefficient (Wildman–Crippen LogP) is 4.01. The summed E-state index contributed by atoms with van der Waals surface area (Å²) in [5.74, 6) is -0.891. The van der Waals surface area contributed by atoms with Crippen molar-refractivity contribution in [1.82, 2.24) is 0 Å². The lowest BCUT2D eigenvalue weighted by Gasteiger charge is -2.17. The third-order valence-corrected chi connectivity index (χ3v) is 6.52. The highest BCUT2D eigenvalue weighted by atomic mass is 35.5. The number of fused-ring (bicyclic) bond motifs is 5. The van der Waals surface area contributed by atoms with Gasteiger partial charge in [-0.1, -0.05) is 42.0 Å². The summed E-state index contributed by atoms with van der Waals surface area (Å²) in [5.41, 5.74) is 1.57. The highest BCUT2D eigenvalue weighted by molar-refractivity contribution is 6.31. The van der Waals surface area contributed by atoms with Crippen molar-refractivity contribution in [2.24, 2.45) is 23.7 Å². The quantitative estimate of drug-likeness (QED) is 0.436. The van der Waals surface area contributed by atoms with E-state index in [1.54, 1.807) is 36.4 Å². The largest absolute Gasteiger partial charge is 0.457 e. The topological polar surface area (TPSA) is 63.7 Å². The first-order chi connectivity index (χ1) is 14.0. The Morgan fingerprint density at radius 2 is 1.59 bits per heavy atom. The molecule has 2 fully saturated rings. The van der Waals surface area contributed by atoms with Crippen LogP contribution in [0.25, 0.3) is 0 Å². The number of allylic oxidation sites excluding steroid dienone is 2. The lowest BCUT2D eigenvalue weighted by Crippen LogP contribution is -2.32. The van der Waals surface area contributed by atoms with Crippen LogP contribution in [0.3, 0.4) is 0 Å². The molecule has 5 nitrogen and oxygen atoms in total. The average molecular weight is 408 g/mol. The van der Waals surface area contributed by atoms with Crippen LogP contribution < -0.4 is 4.90 Å². The molecule has 0 radical (unpaired) electrons. The van der Waals surface area contributed by atoms with Gasteiger partial charge in [-0.3, -0.25) is 14.5 Å². The van der Waals surface area contributed by atoms with Gasteiger partial charge < -0.3 is 4.74 Å². The Kier molecular flexibility index (Phi) is 4.28. The summed E-state index contributed by atoms with van der Waals surface area (Å²) in [6, 6.07) is 13.6. The molecule has 1 aliphatic heterocycles. The van der Waals surface area contributed by atoms with E-state index in [4.69, 9.17) is 16.3 Å². The Morgan fingerprint density at radius 3 is 2.21 bits per heavy atom. The molecule has 29 heavy (non-hydrogen) atoms. The molecule has 0 N–H and O–H groups in total. The fourth-order valence-electron chi connectivity index (χ4n) is 4.75. The number of hydrogen-bond donors (Lipinski definition) is 0. The van der Waals surface area contributed by atoms with E-state index in [0.717, 1.165) is 12.0 Å². The molecule has 3 aliphatic rings. The molecule has 4 unspecified atom stereocenters. The molecular formula is C23H18ClNO4. The Balaban J connectivity index is 1.29. The summed E-state index contributed by atoms with van der Waals surface area (Å²) in [7, 11) is 0. The standard InChI is InChI=1S/C23H18ClNO4/c24-18-4-2-1-3-16(18)12-29-23(28)13-7-9-17(10-8-13)25-21(26)19-14-5-6-15(11-14)20(19)22(25)27/h1-10,14-15,19-20H,11-12H2. The van der Waals surface area contributed by atoms with Gasteiger partial charge in [0.2, 0.25) is 11.8 Å². The third kappa shape index (κ3) is 2.88. The first-order valence-electron chi connectivity index (χ1n) is 9.61. The maximum Gasteiger partial charge on any atom is 0.338 e. The summed E-state index contributed by atoms with van der Waals surface area (Å²) in [5, 5.41) is 0.538. The first kappa shape index (κ1) is 18.1. The number of imide groups is 1. The van der Waals surface area contributed by atoms with Crippen molar-refractivity contribution in [2.75, 3.05) is 4.90 Å². The van der Waals surface area contributed by atoms with Crippen LogP contribution in [-0.2, 0) is 20.9 Å². The van der Waals surface area contributed by atoms with E-state index in [0.29, 0.717) is 16.3 Å². The number of amides is 2. The average Bonchev–Trinajstić information content (AvgIpc) is 3.41. The number of hydrogen-bond acceptors (Lipinski definition) is 4. The summed E-state index contributed by atoms with van der Waals surface area (Å²) >= 11 is 6.07. The number of carbonyl (C=O) groups excluding carboxylic acids is 3. The van der Waals surface area contributed by atoms with Gasteiger partial charge in [0.15, 0.2) is 0 Å². The number of halogens is 1. The number of anilines is 1. The minimum Gasteiger partial charge on any atom is -0.457 e. The van der Waals surface area contributed by atoms with Gasteiger partial charge in [-0.15, -0.1) is 0 Å². The summed E-state index contributed by atoms with van der Waals surface area (Å²) in [6.45, 7) is 0.0719. The predicted molar refractivity (Wildman–Crippen MR) is 107 cm³/mol. The van der Waals surface area contributed by atoms with Crippen molar-refractivity contribution in [3.8, 4) is 0 Å². The molecule has 2 bridgehead atoms. The van der Waals surface area contributed by atoms with Crippen LogP contribution in [0.2, 0.25) is 5.02 Å². The van der Waals surface area contributed by atoms with Crippen LogP contribution in [0.15, 0.2) is 60.7 Å². The maximum atomic E-state index is 12.9. The maximum absolute atomic E-state index is 12.9. The Morgan fingerprint density at radius 1 is 0.966 bits per heavy atom. The number of benzene rings is 2. The molecule has 6 heteroatoms. The minimum atomic E-state index is -0.491. The van der Waals surface area contributed by atoms with Crippen molar-refractivity contribution in [1.29, 1.82) is 0 Å². The van der Waals surface area contributed by atoms with E-state index in [1.165, 1.54) is 4.90 Å². The van der Waals surface area contributed by atoms with Gasteiger partial charge in [0.05, 0.1) is 23.1 Å². The molecule has 0 aromatic heterocycles. The smallest absolute Gasteiger partial charge is 0.338 e. The van der Waals surface area contributed by atoms with E-state index < -0.39 is 5.97 Å². The number of carbonyl (C=O) groups is 3. The Labute approximate surface area is 172 Å². The molecule has 1 heterocycles. The molecule has 0 spiro atoms. The van der Waals surface area contributed by atoms with Gasteiger partial charge in [-0.25, -0.2) is 4.79 Å². The van der Waals surface area contributed by atoms with Gasteiger partial charge >= 0.3 is 5.97 Å². The first-order valence-corrected chi connectivity index (χ1v) is 9.99. The lowest BCUT2D eigenvalue weighted by molar-refractivity contribution is -0.123. The summed E-state index contributed by atoms with van der Waals surface area (Å²) in [6.07, 6.45) is 5.04. The SMILES string of the molecule is O=C(OCc1ccccc1Cl)c1ccc(N2C(=O)C3C4C=CC(C4)C3C2=O)cc1. The van der Waals surface area contributed by atoms with Crippen LogP contribution in [-0.4, -0.2) is 17.8 Å². The molecule has 1 saturated carbocycles. The van der Waals surface area contributed by atoms with Crippen LogP contribution in [0.1, 0.15) is 22.3 Å². The molecule has 2 aliphatic carbocycles. The molecule has 146 valence electrons. The van der Waals surface area contributed by atoms with Crippen molar-refractivity contribution >= 4 is 35.1 Å². The number of nitrogens with zero attached hydrogens (tertiary/aromatic N) is 1. The molecular weight excluding hydrogens is 390 g/mol. The lowest BCUT2D eigenvalue weighted by atomic mass is 9.85. The van der Waals surface area contributed by atoms with E-state index >= 15 is 0 Å². The second-order valence-corrected chi connectivity index (χ2v) is 8.13. The Bertz CT molecular complexity index is 1020. The molecule has 1 saturated heterocycles. The zero-order valence-corrected chi connectivity index (χ0v) is 16.2. The van der Waals surface area contributed by atoms with Crippen molar-refractivity contribution < 1.29 is 19.1 Å². The molecule has 2 aromatic rings. The van der Waals surface area contributed by atoms with Crippen molar-refractivity contribution in [3.05, 3.63) is 76.8 Å². The van der Waals surface area contributed by atoms with E-state index in [2.05, 4.69) is 12.2 Å². The fourth-order valence-corrected chi connectivity index (χ4v) is 4.94. The highest BCUT2D eigenvalue weighted by Gasteiger charge is 2.59. The summed E-state index contributed by atoms with van der Waals surface area (Å²) in [4.78, 5) is 39.3. The van der Waals surface area contributed by atoms with Crippen molar-refractivity contribution in [2.45, 2.75) is 13.0 Å². The van der Waals surface area contributed by atoms with Crippen LogP contribution in [0.4, 0.5) is 5.69 Å². The zero-order chi connectivity index (χ0) is 20.1.